The minimum absolute atomic E-state index is 0.828. The summed E-state index contributed by atoms with van der Waals surface area (Å²) in [5.74, 6) is 0. The molecule has 0 aliphatic carbocycles. The number of pyridine rings is 2. The molecule has 0 aliphatic heterocycles. The molecule has 0 aliphatic rings. The minimum atomic E-state index is 0.828. The van der Waals surface area contributed by atoms with Crippen molar-refractivity contribution in [3.05, 3.63) is 79.3 Å². The van der Waals surface area contributed by atoms with Gasteiger partial charge in [0.15, 0.2) is 0 Å². The van der Waals surface area contributed by atoms with Crippen LogP contribution >= 0.6 is 0 Å². The quantitative estimate of drug-likeness (QED) is 0.847. The zero-order valence-electron chi connectivity index (χ0n) is 10.5. The number of aromatic nitrogens is 2. The Labute approximate surface area is 112 Å². The maximum atomic E-state index is 5.29. The smallest absolute Gasteiger partial charge is 0.0964 e. The van der Waals surface area contributed by atoms with E-state index < -0.39 is 0 Å². The molecule has 0 fully saturated rings. The molecule has 94 valence electrons. The normalized spacial score (nSPS) is 11.2. The van der Waals surface area contributed by atoms with E-state index in [2.05, 4.69) is 16.5 Å². The van der Waals surface area contributed by atoms with Crippen LogP contribution in [-0.2, 0) is 0 Å². The molecule has 0 radical (unpaired) electrons. The first-order chi connectivity index (χ1) is 9.33. The van der Waals surface area contributed by atoms with Gasteiger partial charge in [-0.15, -0.1) is 0 Å². The highest BCUT2D eigenvalue weighted by Gasteiger charge is 2.07. The van der Waals surface area contributed by atoms with Crippen molar-refractivity contribution in [2.45, 2.75) is 0 Å². The van der Waals surface area contributed by atoms with E-state index in [-0.39, 0.29) is 0 Å². The second-order valence-corrected chi connectivity index (χ2v) is 3.88. The largest absolute Gasteiger partial charge is 0.405 e. The van der Waals surface area contributed by atoms with Gasteiger partial charge >= 0.3 is 0 Å². The highest BCUT2D eigenvalue weighted by Crippen LogP contribution is 2.24. The summed E-state index contributed by atoms with van der Waals surface area (Å²) >= 11 is 0. The number of allylic oxidation sites excluding steroid dienone is 4. The van der Waals surface area contributed by atoms with Crippen LogP contribution in [0.5, 0.6) is 0 Å². The molecule has 2 heterocycles. The number of nitrogens with two attached hydrogens (primary N) is 1. The van der Waals surface area contributed by atoms with Crippen molar-refractivity contribution in [2.75, 3.05) is 0 Å². The molecule has 3 heteroatoms. The van der Waals surface area contributed by atoms with Gasteiger partial charge in [-0.05, 0) is 36.0 Å². The van der Waals surface area contributed by atoms with Gasteiger partial charge in [0.05, 0.1) is 11.4 Å². The van der Waals surface area contributed by atoms with Crippen molar-refractivity contribution in [2.24, 2.45) is 5.73 Å². The number of hydrogen-bond donors (Lipinski definition) is 1. The van der Waals surface area contributed by atoms with E-state index in [0.29, 0.717) is 0 Å². The van der Waals surface area contributed by atoms with E-state index in [9.17, 15) is 0 Å². The Balaban J connectivity index is 2.40. The molecule has 0 amide bonds. The highest BCUT2D eigenvalue weighted by molar-refractivity contribution is 5.81. The van der Waals surface area contributed by atoms with Crippen molar-refractivity contribution in [3.63, 3.8) is 0 Å². The van der Waals surface area contributed by atoms with E-state index >= 15 is 0 Å². The molecule has 19 heavy (non-hydrogen) atoms. The molecule has 0 aromatic carbocycles. The molecule has 0 bridgehead atoms. The van der Waals surface area contributed by atoms with E-state index in [1.807, 2.05) is 42.5 Å². The van der Waals surface area contributed by atoms with Gasteiger partial charge in [-0.2, -0.15) is 0 Å². The zero-order valence-corrected chi connectivity index (χ0v) is 10.5. The number of nitrogens with zero attached hydrogens (tertiary/aromatic N) is 2. The molecular formula is C16H15N3. The molecule has 0 atom stereocenters. The fraction of sp³-hybridized carbons (Fsp3) is 0. The summed E-state index contributed by atoms with van der Waals surface area (Å²) in [4.78, 5) is 8.73. The summed E-state index contributed by atoms with van der Waals surface area (Å²) in [5, 5.41) is 0. The summed E-state index contributed by atoms with van der Waals surface area (Å²) in [6.45, 7) is 4.05. The first kappa shape index (κ1) is 12.8. The van der Waals surface area contributed by atoms with Crippen LogP contribution in [0.25, 0.3) is 17.0 Å². The van der Waals surface area contributed by atoms with E-state index in [1.54, 1.807) is 18.5 Å². The van der Waals surface area contributed by atoms with Crippen LogP contribution in [0, 0.1) is 0 Å². The Bertz CT molecular complexity index is 613. The Morgan fingerprint density at radius 2 is 1.89 bits per heavy atom. The van der Waals surface area contributed by atoms with Crippen molar-refractivity contribution in [1.29, 1.82) is 0 Å². The minimum Gasteiger partial charge on any atom is -0.405 e. The summed E-state index contributed by atoms with van der Waals surface area (Å²) < 4.78 is 0. The standard InChI is InChI=1S/C16H15N3/c1-13(7-2-4-10-17)14-8-6-12-19-16(14)15-9-3-5-11-18-15/h2-12H,1,17H2/b7-2-,10-4-. The molecule has 2 aromatic rings. The van der Waals surface area contributed by atoms with Crippen LogP contribution < -0.4 is 5.73 Å². The topological polar surface area (TPSA) is 51.8 Å². The van der Waals surface area contributed by atoms with Crippen molar-refractivity contribution in [1.82, 2.24) is 9.97 Å². The van der Waals surface area contributed by atoms with Gasteiger partial charge in [0, 0.05) is 18.0 Å². The first-order valence-electron chi connectivity index (χ1n) is 5.93. The summed E-state index contributed by atoms with van der Waals surface area (Å²) in [6.07, 6.45) is 10.5. The predicted molar refractivity (Wildman–Crippen MR) is 79.0 cm³/mol. The number of hydrogen-bond acceptors (Lipinski definition) is 3. The lowest BCUT2D eigenvalue weighted by molar-refractivity contribution is 1.24. The lowest BCUT2D eigenvalue weighted by Crippen LogP contribution is -1.92. The van der Waals surface area contributed by atoms with Crippen molar-refractivity contribution in [3.8, 4) is 11.4 Å². The Hall–Kier alpha value is -2.68. The Morgan fingerprint density at radius 3 is 2.63 bits per heavy atom. The van der Waals surface area contributed by atoms with Crippen LogP contribution in [0.15, 0.2) is 73.7 Å². The third kappa shape index (κ3) is 3.16. The summed E-state index contributed by atoms with van der Waals surface area (Å²) in [5.41, 5.74) is 8.78. The van der Waals surface area contributed by atoms with Gasteiger partial charge in [0.1, 0.15) is 0 Å². The molecule has 2 aromatic heterocycles. The van der Waals surface area contributed by atoms with Gasteiger partial charge < -0.3 is 5.73 Å². The highest BCUT2D eigenvalue weighted by atomic mass is 14.8. The van der Waals surface area contributed by atoms with Gasteiger partial charge in [-0.1, -0.05) is 30.9 Å². The molecule has 0 saturated carbocycles. The average molecular weight is 249 g/mol. The summed E-state index contributed by atoms with van der Waals surface area (Å²) in [6, 6.07) is 9.63. The maximum Gasteiger partial charge on any atom is 0.0964 e. The Kier molecular flexibility index (Phi) is 4.24. The predicted octanol–water partition coefficient (Wildman–Crippen LogP) is 3.19. The molecule has 0 spiro atoms. The second-order valence-electron chi connectivity index (χ2n) is 3.88. The van der Waals surface area contributed by atoms with Gasteiger partial charge in [-0.3, -0.25) is 9.97 Å². The third-order valence-corrected chi connectivity index (χ3v) is 2.58. The maximum absolute atomic E-state index is 5.29. The van der Waals surface area contributed by atoms with E-state index in [0.717, 1.165) is 22.5 Å². The van der Waals surface area contributed by atoms with Gasteiger partial charge in [0.2, 0.25) is 0 Å². The van der Waals surface area contributed by atoms with Gasteiger partial charge in [-0.25, -0.2) is 0 Å². The third-order valence-electron chi connectivity index (χ3n) is 2.58. The zero-order chi connectivity index (χ0) is 13.5. The molecule has 0 saturated heterocycles. The molecule has 3 nitrogen and oxygen atoms in total. The SMILES string of the molecule is C=C(/C=C\C=C/N)c1cccnc1-c1ccccn1. The fourth-order valence-electron chi connectivity index (χ4n) is 1.70. The van der Waals surface area contributed by atoms with Crippen molar-refractivity contribution < 1.29 is 0 Å². The first-order valence-corrected chi connectivity index (χ1v) is 5.93. The monoisotopic (exact) mass is 249 g/mol. The van der Waals surface area contributed by atoms with Crippen molar-refractivity contribution >= 4 is 5.57 Å². The summed E-state index contributed by atoms with van der Waals surface area (Å²) in [7, 11) is 0. The van der Waals surface area contributed by atoms with Gasteiger partial charge in [0.25, 0.3) is 0 Å². The molecule has 2 N–H and O–H groups in total. The van der Waals surface area contributed by atoms with Crippen LogP contribution in [0.1, 0.15) is 5.56 Å². The van der Waals surface area contributed by atoms with Crippen LogP contribution in [0.4, 0.5) is 0 Å². The Morgan fingerprint density at radius 1 is 1.05 bits per heavy atom. The average Bonchev–Trinajstić information content (AvgIpc) is 2.48. The van der Waals surface area contributed by atoms with Crippen LogP contribution in [-0.4, -0.2) is 9.97 Å². The lowest BCUT2D eigenvalue weighted by atomic mass is 10.0. The van der Waals surface area contributed by atoms with E-state index in [4.69, 9.17) is 5.73 Å². The molecule has 2 rings (SSSR count). The fourth-order valence-corrected chi connectivity index (χ4v) is 1.70. The molecule has 0 unspecified atom stereocenters. The van der Waals surface area contributed by atoms with Crippen LogP contribution in [0.3, 0.4) is 0 Å². The van der Waals surface area contributed by atoms with E-state index in [1.165, 1.54) is 6.20 Å². The number of rotatable bonds is 4. The molecular weight excluding hydrogens is 234 g/mol. The lowest BCUT2D eigenvalue weighted by Gasteiger charge is -2.07. The second kappa shape index (κ2) is 6.31. The van der Waals surface area contributed by atoms with Crippen LogP contribution in [0.2, 0.25) is 0 Å².